The summed E-state index contributed by atoms with van der Waals surface area (Å²) < 4.78 is 0. The second kappa shape index (κ2) is 6.33. The van der Waals surface area contributed by atoms with Gasteiger partial charge in [-0.3, -0.25) is 0 Å². The van der Waals surface area contributed by atoms with E-state index in [1.807, 2.05) is 0 Å². The first kappa shape index (κ1) is 14.2. The minimum atomic E-state index is 0.0436. The molecule has 0 aromatic heterocycles. The van der Waals surface area contributed by atoms with Crippen molar-refractivity contribution in [3.63, 3.8) is 0 Å². The zero-order valence-corrected chi connectivity index (χ0v) is 12.9. The van der Waals surface area contributed by atoms with Crippen molar-refractivity contribution in [3.8, 4) is 0 Å². The van der Waals surface area contributed by atoms with Gasteiger partial charge in [0, 0.05) is 10.9 Å². The summed E-state index contributed by atoms with van der Waals surface area (Å²) in [6.45, 7) is 0. The van der Waals surface area contributed by atoms with E-state index in [4.69, 9.17) is 5.73 Å². The van der Waals surface area contributed by atoms with Gasteiger partial charge in [0.1, 0.15) is 0 Å². The van der Waals surface area contributed by atoms with E-state index in [-0.39, 0.29) is 6.04 Å². The van der Waals surface area contributed by atoms with Crippen LogP contribution in [0.15, 0.2) is 71.6 Å². The number of benzene rings is 3. The maximum absolute atomic E-state index is 6.36. The van der Waals surface area contributed by atoms with E-state index in [9.17, 15) is 0 Å². The standard InChI is InChI=1S/C19H19NS/c1-21-18-10-8-16(9-11-18)19(20)13-14-6-7-15-4-2-3-5-17(15)12-14/h2-12,19H,13,20H2,1H3. The first-order valence-corrected chi connectivity index (χ1v) is 8.36. The molecule has 21 heavy (non-hydrogen) atoms. The number of hydrogen-bond donors (Lipinski definition) is 1. The average Bonchev–Trinajstić information content (AvgIpc) is 2.55. The molecule has 0 aliphatic heterocycles. The summed E-state index contributed by atoms with van der Waals surface area (Å²) in [4.78, 5) is 1.27. The van der Waals surface area contributed by atoms with Crippen LogP contribution in [-0.2, 0) is 6.42 Å². The Bertz CT molecular complexity index is 734. The predicted molar refractivity (Wildman–Crippen MR) is 92.8 cm³/mol. The van der Waals surface area contributed by atoms with Crippen molar-refractivity contribution in [2.75, 3.05) is 6.26 Å². The van der Waals surface area contributed by atoms with Crippen LogP contribution < -0.4 is 5.73 Å². The van der Waals surface area contributed by atoms with Crippen molar-refractivity contribution in [1.82, 2.24) is 0 Å². The lowest BCUT2D eigenvalue weighted by atomic mass is 9.98. The summed E-state index contributed by atoms with van der Waals surface area (Å²) in [7, 11) is 0. The average molecular weight is 293 g/mol. The molecule has 0 saturated heterocycles. The molecular formula is C19H19NS. The highest BCUT2D eigenvalue weighted by molar-refractivity contribution is 7.98. The molecule has 1 unspecified atom stereocenters. The largest absolute Gasteiger partial charge is 0.324 e. The molecule has 1 nitrogen and oxygen atoms in total. The van der Waals surface area contributed by atoms with Crippen molar-refractivity contribution in [2.24, 2.45) is 5.73 Å². The Hall–Kier alpha value is -1.77. The summed E-state index contributed by atoms with van der Waals surface area (Å²) in [5, 5.41) is 2.55. The zero-order valence-electron chi connectivity index (χ0n) is 12.1. The van der Waals surface area contributed by atoms with Crippen LogP contribution in [0.2, 0.25) is 0 Å². The molecule has 0 saturated carbocycles. The van der Waals surface area contributed by atoms with E-state index < -0.39 is 0 Å². The Kier molecular flexibility index (Phi) is 4.28. The summed E-state index contributed by atoms with van der Waals surface area (Å²) in [5.41, 5.74) is 8.84. The molecule has 0 radical (unpaired) electrons. The van der Waals surface area contributed by atoms with Crippen LogP contribution in [0, 0.1) is 0 Å². The van der Waals surface area contributed by atoms with E-state index in [0.29, 0.717) is 0 Å². The lowest BCUT2D eigenvalue weighted by Gasteiger charge is -2.13. The monoisotopic (exact) mass is 293 g/mol. The first-order valence-electron chi connectivity index (χ1n) is 7.13. The normalized spacial score (nSPS) is 12.5. The van der Waals surface area contributed by atoms with E-state index in [2.05, 4.69) is 73.0 Å². The highest BCUT2D eigenvalue weighted by Crippen LogP contribution is 2.22. The molecule has 3 rings (SSSR count). The molecule has 0 spiro atoms. The Morgan fingerprint density at radius 2 is 1.62 bits per heavy atom. The third-order valence-corrected chi connectivity index (χ3v) is 4.56. The smallest absolute Gasteiger partial charge is 0.0335 e. The lowest BCUT2D eigenvalue weighted by Crippen LogP contribution is -2.13. The van der Waals surface area contributed by atoms with Crippen LogP contribution in [0.3, 0.4) is 0 Å². The summed E-state index contributed by atoms with van der Waals surface area (Å²) in [5.74, 6) is 0. The zero-order chi connectivity index (χ0) is 14.7. The third-order valence-electron chi connectivity index (χ3n) is 3.81. The minimum Gasteiger partial charge on any atom is -0.324 e. The quantitative estimate of drug-likeness (QED) is 0.699. The number of nitrogens with two attached hydrogens (primary N) is 1. The second-order valence-corrected chi connectivity index (χ2v) is 6.14. The number of rotatable bonds is 4. The molecule has 0 heterocycles. The third kappa shape index (κ3) is 3.29. The molecule has 0 bridgehead atoms. The Morgan fingerprint density at radius 1 is 0.905 bits per heavy atom. The van der Waals surface area contributed by atoms with Crippen LogP contribution in [-0.4, -0.2) is 6.26 Å². The van der Waals surface area contributed by atoms with Crippen molar-refractivity contribution < 1.29 is 0 Å². The Labute approximate surface area is 130 Å². The van der Waals surface area contributed by atoms with Crippen molar-refractivity contribution >= 4 is 22.5 Å². The van der Waals surface area contributed by atoms with Gasteiger partial charge >= 0.3 is 0 Å². The molecule has 2 heteroatoms. The van der Waals surface area contributed by atoms with Gasteiger partial charge in [-0.15, -0.1) is 11.8 Å². The van der Waals surface area contributed by atoms with Crippen LogP contribution >= 0.6 is 11.8 Å². The van der Waals surface area contributed by atoms with E-state index in [1.54, 1.807) is 11.8 Å². The molecule has 0 aliphatic rings. The van der Waals surface area contributed by atoms with Crippen molar-refractivity contribution in [2.45, 2.75) is 17.4 Å². The first-order chi connectivity index (χ1) is 10.3. The summed E-state index contributed by atoms with van der Waals surface area (Å²) in [6, 6.07) is 23.6. The van der Waals surface area contributed by atoms with Gasteiger partial charge in [-0.1, -0.05) is 54.6 Å². The van der Waals surface area contributed by atoms with E-state index >= 15 is 0 Å². The SMILES string of the molecule is CSc1ccc(C(N)Cc2ccc3ccccc3c2)cc1. The van der Waals surface area contributed by atoms with Gasteiger partial charge in [-0.2, -0.15) is 0 Å². The fourth-order valence-electron chi connectivity index (χ4n) is 2.59. The van der Waals surface area contributed by atoms with Gasteiger partial charge in [0.05, 0.1) is 0 Å². The Morgan fingerprint density at radius 3 is 2.33 bits per heavy atom. The van der Waals surface area contributed by atoms with E-state index in [1.165, 1.54) is 26.8 Å². The maximum Gasteiger partial charge on any atom is 0.0335 e. The van der Waals surface area contributed by atoms with Crippen LogP contribution in [0.25, 0.3) is 10.8 Å². The predicted octanol–water partition coefficient (Wildman–Crippen LogP) is 4.80. The fraction of sp³-hybridized carbons (Fsp3) is 0.158. The van der Waals surface area contributed by atoms with E-state index in [0.717, 1.165) is 6.42 Å². The molecule has 106 valence electrons. The van der Waals surface area contributed by atoms with Gasteiger partial charge in [0.25, 0.3) is 0 Å². The van der Waals surface area contributed by atoms with Gasteiger partial charge in [0.2, 0.25) is 0 Å². The van der Waals surface area contributed by atoms with Crippen molar-refractivity contribution in [1.29, 1.82) is 0 Å². The van der Waals surface area contributed by atoms with Gasteiger partial charge < -0.3 is 5.73 Å². The number of thioether (sulfide) groups is 1. The van der Waals surface area contributed by atoms with Gasteiger partial charge in [0.15, 0.2) is 0 Å². The van der Waals surface area contributed by atoms with Crippen LogP contribution in [0.1, 0.15) is 17.2 Å². The highest BCUT2D eigenvalue weighted by Gasteiger charge is 2.07. The molecular weight excluding hydrogens is 274 g/mol. The summed E-state index contributed by atoms with van der Waals surface area (Å²) >= 11 is 1.75. The molecule has 3 aromatic carbocycles. The number of fused-ring (bicyclic) bond motifs is 1. The molecule has 0 amide bonds. The summed E-state index contributed by atoms with van der Waals surface area (Å²) in [6.07, 6.45) is 2.95. The van der Waals surface area contributed by atoms with Gasteiger partial charge in [-0.25, -0.2) is 0 Å². The highest BCUT2D eigenvalue weighted by atomic mass is 32.2. The Balaban J connectivity index is 1.79. The second-order valence-electron chi connectivity index (χ2n) is 5.27. The number of hydrogen-bond acceptors (Lipinski definition) is 2. The fourth-order valence-corrected chi connectivity index (χ4v) is 3.00. The van der Waals surface area contributed by atoms with Crippen LogP contribution in [0.4, 0.5) is 0 Å². The topological polar surface area (TPSA) is 26.0 Å². The van der Waals surface area contributed by atoms with Crippen LogP contribution in [0.5, 0.6) is 0 Å². The van der Waals surface area contributed by atoms with Crippen molar-refractivity contribution in [3.05, 3.63) is 77.9 Å². The minimum absolute atomic E-state index is 0.0436. The molecule has 0 aliphatic carbocycles. The molecule has 2 N–H and O–H groups in total. The van der Waals surface area contributed by atoms with Gasteiger partial charge in [-0.05, 0) is 46.7 Å². The molecule has 1 atom stereocenters. The lowest BCUT2D eigenvalue weighted by molar-refractivity contribution is 0.722. The molecule has 3 aromatic rings. The maximum atomic E-state index is 6.36. The molecule has 0 fully saturated rings.